The standard InChI is InChI=1S/C20H15Cl2/c21-18-11-15(12-19(22)14-18)13-20(16-7-3-1-4-8-16)17-9-5-2-6-10-17/h1-12,20H,13H2. The van der Waals surface area contributed by atoms with Gasteiger partial charge in [-0.2, -0.15) is 0 Å². The number of halogens is 2. The van der Waals surface area contributed by atoms with E-state index >= 15 is 0 Å². The van der Waals surface area contributed by atoms with E-state index in [0.717, 1.165) is 12.0 Å². The minimum absolute atomic E-state index is 0.275. The Morgan fingerprint density at radius 2 is 1.18 bits per heavy atom. The Balaban J connectivity index is 1.99. The molecule has 0 unspecified atom stereocenters. The lowest BCUT2D eigenvalue weighted by Crippen LogP contribution is -2.05. The summed E-state index contributed by atoms with van der Waals surface area (Å²) in [4.78, 5) is 0. The first-order valence-corrected chi connectivity index (χ1v) is 7.95. The van der Waals surface area contributed by atoms with E-state index in [-0.39, 0.29) is 5.92 Å². The molecule has 0 bridgehead atoms. The zero-order valence-corrected chi connectivity index (χ0v) is 13.5. The van der Waals surface area contributed by atoms with Crippen molar-refractivity contribution < 1.29 is 0 Å². The van der Waals surface area contributed by atoms with Gasteiger partial charge in [-0.3, -0.25) is 0 Å². The van der Waals surface area contributed by atoms with Gasteiger partial charge in [0, 0.05) is 12.0 Å². The molecule has 0 N–H and O–H groups in total. The molecule has 3 aromatic carbocycles. The summed E-state index contributed by atoms with van der Waals surface area (Å²) in [6.45, 7) is 0. The highest BCUT2D eigenvalue weighted by atomic mass is 35.5. The molecular weight excluding hydrogens is 311 g/mol. The van der Waals surface area contributed by atoms with Crippen molar-refractivity contribution in [3.8, 4) is 0 Å². The lowest BCUT2D eigenvalue weighted by atomic mass is 9.86. The van der Waals surface area contributed by atoms with Crippen LogP contribution in [0.15, 0.2) is 72.8 Å². The Bertz CT molecular complexity index is 676. The SMILES string of the molecule is Clc1[c]c(Cl)cc(CC(c2ccccc2)c2ccccc2)c1. The van der Waals surface area contributed by atoms with Crippen LogP contribution in [0.1, 0.15) is 22.6 Å². The molecule has 0 aliphatic rings. The largest absolute Gasteiger partial charge is 0.0836 e. The van der Waals surface area contributed by atoms with Gasteiger partial charge in [0.1, 0.15) is 0 Å². The molecule has 0 nitrogen and oxygen atoms in total. The van der Waals surface area contributed by atoms with Gasteiger partial charge in [0.05, 0.1) is 10.0 Å². The van der Waals surface area contributed by atoms with Crippen molar-refractivity contribution in [1.82, 2.24) is 0 Å². The molecule has 0 atom stereocenters. The number of rotatable bonds is 4. The summed E-state index contributed by atoms with van der Waals surface area (Å²) in [5, 5.41) is 1.12. The average molecular weight is 326 g/mol. The molecule has 0 saturated heterocycles. The van der Waals surface area contributed by atoms with E-state index in [1.54, 1.807) is 0 Å². The predicted molar refractivity (Wildman–Crippen MR) is 93.7 cm³/mol. The van der Waals surface area contributed by atoms with Gasteiger partial charge < -0.3 is 0 Å². The van der Waals surface area contributed by atoms with Gasteiger partial charge in [-0.15, -0.1) is 0 Å². The Labute approximate surface area is 141 Å². The van der Waals surface area contributed by atoms with Gasteiger partial charge in [-0.25, -0.2) is 0 Å². The average Bonchev–Trinajstić information content (AvgIpc) is 2.53. The summed E-state index contributed by atoms with van der Waals surface area (Å²) >= 11 is 12.2. The van der Waals surface area contributed by atoms with Crippen LogP contribution in [-0.2, 0) is 6.42 Å². The van der Waals surface area contributed by atoms with Crippen LogP contribution in [0.2, 0.25) is 10.0 Å². The van der Waals surface area contributed by atoms with E-state index in [4.69, 9.17) is 23.2 Å². The van der Waals surface area contributed by atoms with Crippen LogP contribution in [-0.4, -0.2) is 0 Å². The first-order valence-electron chi connectivity index (χ1n) is 7.19. The van der Waals surface area contributed by atoms with Gasteiger partial charge in [-0.05, 0) is 35.2 Å². The van der Waals surface area contributed by atoms with Crippen LogP contribution in [0.5, 0.6) is 0 Å². The third-order valence-corrected chi connectivity index (χ3v) is 4.11. The molecule has 0 aliphatic carbocycles. The van der Waals surface area contributed by atoms with Crippen molar-refractivity contribution in [2.24, 2.45) is 0 Å². The van der Waals surface area contributed by atoms with Gasteiger partial charge >= 0.3 is 0 Å². The first-order chi connectivity index (χ1) is 10.7. The Hall–Kier alpha value is -1.76. The molecule has 0 spiro atoms. The van der Waals surface area contributed by atoms with Crippen LogP contribution in [0.25, 0.3) is 0 Å². The van der Waals surface area contributed by atoms with Crippen molar-refractivity contribution in [2.75, 3.05) is 0 Å². The molecule has 109 valence electrons. The molecule has 0 heterocycles. The van der Waals surface area contributed by atoms with Crippen LogP contribution in [0, 0.1) is 6.07 Å². The number of hydrogen-bond donors (Lipinski definition) is 0. The maximum Gasteiger partial charge on any atom is 0.0503 e. The van der Waals surface area contributed by atoms with Crippen LogP contribution in [0.3, 0.4) is 0 Å². The quantitative estimate of drug-likeness (QED) is 0.538. The summed E-state index contributed by atoms with van der Waals surface area (Å²) in [6.07, 6.45) is 0.849. The molecule has 0 aliphatic heterocycles. The highest BCUT2D eigenvalue weighted by molar-refractivity contribution is 6.34. The number of benzene rings is 3. The Kier molecular flexibility index (Phi) is 4.82. The van der Waals surface area contributed by atoms with Gasteiger partial charge in [0.2, 0.25) is 0 Å². The Morgan fingerprint density at radius 3 is 1.64 bits per heavy atom. The lowest BCUT2D eigenvalue weighted by Gasteiger charge is -2.18. The molecule has 1 radical (unpaired) electrons. The lowest BCUT2D eigenvalue weighted by molar-refractivity contribution is 0.805. The fraction of sp³-hybridized carbons (Fsp3) is 0.100. The monoisotopic (exact) mass is 325 g/mol. The maximum absolute atomic E-state index is 6.09. The zero-order chi connectivity index (χ0) is 15.4. The summed E-state index contributed by atoms with van der Waals surface area (Å²) in [5.41, 5.74) is 3.69. The topological polar surface area (TPSA) is 0 Å². The van der Waals surface area contributed by atoms with E-state index in [1.165, 1.54) is 11.1 Å². The maximum atomic E-state index is 6.09. The van der Waals surface area contributed by atoms with Crippen LogP contribution >= 0.6 is 23.2 Å². The van der Waals surface area contributed by atoms with E-state index in [0.29, 0.717) is 10.0 Å². The van der Waals surface area contributed by atoms with Crippen LogP contribution in [0.4, 0.5) is 0 Å². The molecule has 3 aromatic rings. The second kappa shape index (κ2) is 7.00. The minimum Gasteiger partial charge on any atom is -0.0836 e. The molecule has 0 saturated carbocycles. The van der Waals surface area contributed by atoms with Gasteiger partial charge in [0.25, 0.3) is 0 Å². The Morgan fingerprint density at radius 1 is 0.727 bits per heavy atom. The third-order valence-electron chi connectivity index (χ3n) is 3.71. The summed E-state index contributed by atoms with van der Waals surface area (Å²) in [6, 6.07) is 27.8. The van der Waals surface area contributed by atoms with Crippen molar-refractivity contribution in [3.63, 3.8) is 0 Å². The highest BCUT2D eigenvalue weighted by Gasteiger charge is 2.15. The van der Waals surface area contributed by atoms with Gasteiger partial charge in [-0.1, -0.05) is 83.9 Å². The van der Waals surface area contributed by atoms with E-state index in [2.05, 4.69) is 54.6 Å². The zero-order valence-electron chi connectivity index (χ0n) is 12.0. The van der Waals surface area contributed by atoms with Crippen molar-refractivity contribution in [2.45, 2.75) is 12.3 Å². The molecule has 0 amide bonds. The van der Waals surface area contributed by atoms with Gasteiger partial charge in [0.15, 0.2) is 0 Å². The summed E-state index contributed by atoms with van der Waals surface area (Å²) < 4.78 is 0. The number of hydrogen-bond acceptors (Lipinski definition) is 0. The normalized spacial score (nSPS) is 10.9. The molecule has 0 aromatic heterocycles. The molecule has 0 fully saturated rings. The minimum atomic E-state index is 0.275. The molecular formula is C20H15Cl2. The molecule has 2 heteroatoms. The van der Waals surface area contributed by atoms with Crippen molar-refractivity contribution in [1.29, 1.82) is 0 Å². The molecule has 3 rings (SSSR count). The first kappa shape index (κ1) is 15.1. The summed E-state index contributed by atoms with van der Waals surface area (Å²) in [7, 11) is 0. The van der Waals surface area contributed by atoms with Crippen molar-refractivity contribution in [3.05, 3.63) is 106 Å². The van der Waals surface area contributed by atoms with E-state index in [9.17, 15) is 0 Å². The second-order valence-corrected chi connectivity index (χ2v) is 6.08. The third kappa shape index (κ3) is 3.71. The fourth-order valence-electron chi connectivity index (χ4n) is 2.71. The van der Waals surface area contributed by atoms with Crippen molar-refractivity contribution >= 4 is 23.2 Å². The highest BCUT2D eigenvalue weighted by Crippen LogP contribution is 2.30. The fourth-order valence-corrected chi connectivity index (χ4v) is 3.24. The smallest absolute Gasteiger partial charge is 0.0503 e. The molecule has 22 heavy (non-hydrogen) atoms. The predicted octanol–water partition coefficient (Wildman–Crippen LogP) is 6.17. The summed E-state index contributed by atoms with van der Waals surface area (Å²) in [5.74, 6) is 0.275. The second-order valence-electron chi connectivity index (χ2n) is 5.26. The van der Waals surface area contributed by atoms with E-state index < -0.39 is 0 Å². The van der Waals surface area contributed by atoms with E-state index in [1.807, 2.05) is 24.3 Å². The van der Waals surface area contributed by atoms with Crippen LogP contribution < -0.4 is 0 Å².